The van der Waals surface area contributed by atoms with Crippen molar-refractivity contribution in [1.29, 1.82) is 0 Å². The number of hydrogen-bond donors (Lipinski definition) is 3. The number of benzene rings is 1. The lowest BCUT2D eigenvalue weighted by molar-refractivity contribution is -0.140. The average Bonchev–Trinajstić information content (AvgIpc) is 2.33. The van der Waals surface area contributed by atoms with Gasteiger partial charge >= 0.3 is 6.18 Å². The molecule has 0 heterocycles. The first-order valence-corrected chi connectivity index (χ1v) is 5.64. The van der Waals surface area contributed by atoms with Crippen molar-refractivity contribution in [3.05, 3.63) is 35.1 Å². The van der Waals surface area contributed by atoms with Crippen LogP contribution in [-0.2, 0) is 6.18 Å². The van der Waals surface area contributed by atoms with Crippen molar-refractivity contribution in [3.8, 4) is 0 Å². The second kappa shape index (κ2) is 6.31. The summed E-state index contributed by atoms with van der Waals surface area (Å²) in [5.41, 5.74) is -1.48. The summed E-state index contributed by atoms with van der Waals surface area (Å²) in [6.07, 6.45) is -7.19. The van der Waals surface area contributed by atoms with Crippen LogP contribution in [0.1, 0.15) is 23.7 Å². The number of aliphatic hydroxyl groups is 2. The molecule has 0 spiro atoms. The topological polar surface area (TPSA) is 52.5 Å². The van der Waals surface area contributed by atoms with E-state index in [0.29, 0.717) is 18.7 Å². The molecule has 0 amide bonds. The Hall–Kier alpha value is -1.18. The number of nitrogens with one attached hydrogen (secondary N) is 1. The minimum Gasteiger partial charge on any atom is -0.390 e. The normalized spacial score (nSPS) is 15.3. The highest BCUT2D eigenvalue weighted by Gasteiger charge is 2.34. The number of alkyl halides is 3. The Morgan fingerprint density at radius 2 is 1.89 bits per heavy atom. The molecule has 2 atom stereocenters. The van der Waals surface area contributed by atoms with Gasteiger partial charge in [0.2, 0.25) is 0 Å². The lowest BCUT2D eigenvalue weighted by Crippen LogP contribution is -2.23. The molecule has 1 aromatic carbocycles. The van der Waals surface area contributed by atoms with Crippen molar-refractivity contribution in [3.63, 3.8) is 0 Å². The summed E-state index contributed by atoms with van der Waals surface area (Å²) >= 11 is 0. The van der Waals surface area contributed by atoms with Crippen molar-refractivity contribution < 1.29 is 27.8 Å². The molecular weight excluding hydrogens is 266 g/mol. The SMILES string of the molecule is CNCCC(O)C(O)c1ccc(C(F)(F)F)c(F)c1. The van der Waals surface area contributed by atoms with Crippen molar-refractivity contribution in [2.24, 2.45) is 0 Å². The fourth-order valence-corrected chi connectivity index (χ4v) is 1.62. The number of aliphatic hydroxyl groups excluding tert-OH is 2. The zero-order chi connectivity index (χ0) is 14.6. The lowest BCUT2D eigenvalue weighted by Gasteiger charge is -2.19. The summed E-state index contributed by atoms with van der Waals surface area (Å²) in [6, 6.07) is 2.11. The molecule has 0 radical (unpaired) electrons. The van der Waals surface area contributed by atoms with E-state index < -0.39 is 29.8 Å². The van der Waals surface area contributed by atoms with Crippen LogP contribution in [0.3, 0.4) is 0 Å². The summed E-state index contributed by atoms with van der Waals surface area (Å²) in [6.45, 7) is 0.418. The van der Waals surface area contributed by atoms with Gasteiger partial charge in [-0.2, -0.15) is 13.2 Å². The van der Waals surface area contributed by atoms with Gasteiger partial charge in [0.05, 0.1) is 11.7 Å². The Morgan fingerprint density at radius 3 is 2.37 bits per heavy atom. The van der Waals surface area contributed by atoms with E-state index in [4.69, 9.17) is 0 Å². The fourth-order valence-electron chi connectivity index (χ4n) is 1.62. The van der Waals surface area contributed by atoms with E-state index in [0.717, 1.165) is 6.07 Å². The maximum absolute atomic E-state index is 13.3. The maximum atomic E-state index is 13.3. The van der Waals surface area contributed by atoms with Gasteiger partial charge in [0, 0.05) is 0 Å². The number of hydrogen-bond acceptors (Lipinski definition) is 3. The Bertz CT molecular complexity index is 423. The summed E-state index contributed by atoms with van der Waals surface area (Å²) in [7, 11) is 1.65. The van der Waals surface area contributed by atoms with Crippen molar-refractivity contribution in [2.75, 3.05) is 13.6 Å². The largest absolute Gasteiger partial charge is 0.419 e. The molecule has 0 fully saturated rings. The minimum atomic E-state index is -4.78. The molecule has 0 saturated carbocycles. The second-order valence-electron chi connectivity index (χ2n) is 4.14. The zero-order valence-corrected chi connectivity index (χ0v) is 10.2. The van der Waals surface area contributed by atoms with Gasteiger partial charge in [-0.05, 0) is 37.7 Å². The Morgan fingerprint density at radius 1 is 1.26 bits per heavy atom. The number of halogens is 4. The third kappa shape index (κ3) is 4.15. The molecule has 0 saturated heterocycles. The molecule has 3 nitrogen and oxygen atoms in total. The molecule has 0 aliphatic rings. The van der Waals surface area contributed by atoms with Crippen LogP contribution in [0.4, 0.5) is 17.6 Å². The van der Waals surface area contributed by atoms with E-state index in [1.54, 1.807) is 7.05 Å². The smallest absolute Gasteiger partial charge is 0.390 e. The maximum Gasteiger partial charge on any atom is 0.419 e. The molecule has 0 aliphatic carbocycles. The molecule has 2 unspecified atom stereocenters. The van der Waals surface area contributed by atoms with Gasteiger partial charge in [0.25, 0.3) is 0 Å². The summed E-state index contributed by atoms with van der Waals surface area (Å²) in [4.78, 5) is 0. The summed E-state index contributed by atoms with van der Waals surface area (Å²) in [5.74, 6) is -1.47. The van der Waals surface area contributed by atoms with Crippen molar-refractivity contribution in [2.45, 2.75) is 24.8 Å². The fraction of sp³-hybridized carbons (Fsp3) is 0.500. The van der Waals surface area contributed by atoms with Gasteiger partial charge in [-0.3, -0.25) is 0 Å². The van der Waals surface area contributed by atoms with Gasteiger partial charge in [-0.1, -0.05) is 6.07 Å². The van der Waals surface area contributed by atoms with Gasteiger partial charge in [0.15, 0.2) is 0 Å². The van der Waals surface area contributed by atoms with E-state index in [1.807, 2.05) is 0 Å². The van der Waals surface area contributed by atoms with Gasteiger partial charge in [0.1, 0.15) is 11.9 Å². The quantitative estimate of drug-likeness (QED) is 0.722. The third-order valence-electron chi connectivity index (χ3n) is 2.69. The Kier molecular flexibility index (Phi) is 5.28. The molecule has 1 rings (SSSR count). The van der Waals surface area contributed by atoms with Crippen molar-refractivity contribution >= 4 is 0 Å². The molecule has 0 aromatic heterocycles. The second-order valence-corrected chi connectivity index (χ2v) is 4.14. The van der Waals surface area contributed by atoms with Crippen LogP contribution in [-0.4, -0.2) is 29.9 Å². The Balaban J connectivity index is 2.88. The molecule has 108 valence electrons. The molecule has 1 aromatic rings. The zero-order valence-electron chi connectivity index (χ0n) is 10.2. The Labute approximate surface area is 107 Å². The lowest BCUT2D eigenvalue weighted by atomic mass is 10.0. The highest BCUT2D eigenvalue weighted by molar-refractivity contribution is 5.28. The van der Waals surface area contributed by atoms with E-state index in [9.17, 15) is 27.8 Å². The average molecular weight is 281 g/mol. The third-order valence-corrected chi connectivity index (χ3v) is 2.69. The minimum absolute atomic E-state index is 0.0888. The van der Waals surface area contributed by atoms with Crippen LogP contribution in [0.2, 0.25) is 0 Å². The van der Waals surface area contributed by atoms with E-state index >= 15 is 0 Å². The summed E-state index contributed by atoms with van der Waals surface area (Å²) < 4.78 is 50.3. The van der Waals surface area contributed by atoms with Crippen LogP contribution in [0, 0.1) is 5.82 Å². The molecule has 0 bridgehead atoms. The van der Waals surface area contributed by atoms with Crippen molar-refractivity contribution in [1.82, 2.24) is 5.32 Å². The first-order chi connectivity index (χ1) is 8.77. The predicted octanol–water partition coefficient (Wildman–Crippen LogP) is 1.85. The van der Waals surface area contributed by atoms with E-state index in [-0.39, 0.29) is 12.0 Å². The van der Waals surface area contributed by atoms with E-state index in [2.05, 4.69) is 5.32 Å². The van der Waals surface area contributed by atoms with Crippen LogP contribution >= 0.6 is 0 Å². The van der Waals surface area contributed by atoms with Crippen LogP contribution in [0.5, 0.6) is 0 Å². The number of rotatable bonds is 5. The van der Waals surface area contributed by atoms with Crippen LogP contribution in [0.25, 0.3) is 0 Å². The van der Waals surface area contributed by atoms with Gasteiger partial charge < -0.3 is 15.5 Å². The van der Waals surface area contributed by atoms with Crippen LogP contribution in [0.15, 0.2) is 18.2 Å². The standard InChI is InChI=1S/C12H15F4NO2/c1-17-5-4-10(18)11(19)7-2-3-8(9(13)6-7)12(14,15)16/h2-3,6,10-11,17-19H,4-5H2,1H3. The molecule has 0 aliphatic heterocycles. The summed E-state index contributed by atoms with van der Waals surface area (Å²) in [5, 5.41) is 22.0. The van der Waals surface area contributed by atoms with E-state index in [1.165, 1.54) is 0 Å². The first-order valence-electron chi connectivity index (χ1n) is 5.64. The van der Waals surface area contributed by atoms with Gasteiger partial charge in [-0.15, -0.1) is 0 Å². The highest BCUT2D eigenvalue weighted by Crippen LogP contribution is 2.32. The van der Waals surface area contributed by atoms with Gasteiger partial charge in [-0.25, -0.2) is 4.39 Å². The molecule has 7 heteroatoms. The highest BCUT2D eigenvalue weighted by atomic mass is 19.4. The van der Waals surface area contributed by atoms with Crippen LogP contribution < -0.4 is 5.32 Å². The first kappa shape index (κ1) is 15.9. The monoisotopic (exact) mass is 281 g/mol. The predicted molar refractivity (Wildman–Crippen MR) is 60.9 cm³/mol. The molecular formula is C12H15F4NO2. The molecule has 3 N–H and O–H groups in total. The molecule has 19 heavy (non-hydrogen) atoms.